The largest absolute Gasteiger partial charge is 0.371 e. The highest BCUT2D eigenvalue weighted by Gasteiger charge is 2.31. The lowest BCUT2D eigenvalue weighted by Gasteiger charge is -2.26. The molecule has 1 aliphatic rings. The number of fused-ring (bicyclic) bond motifs is 1. The summed E-state index contributed by atoms with van der Waals surface area (Å²) in [6.07, 6.45) is 1.87. The van der Waals surface area contributed by atoms with Gasteiger partial charge in [-0.3, -0.25) is 19.9 Å². The number of hydrogen-bond donors (Lipinski definition) is 2. The molecule has 0 saturated carbocycles. The van der Waals surface area contributed by atoms with Crippen molar-refractivity contribution < 1.29 is 18.1 Å². The zero-order chi connectivity index (χ0) is 23.6. The summed E-state index contributed by atoms with van der Waals surface area (Å²) in [5.41, 5.74) is 1.39. The Morgan fingerprint density at radius 1 is 1.15 bits per heavy atom. The van der Waals surface area contributed by atoms with Gasteiger partial charge in [-0.05, 0) is 49.2 Å². The molecule has 2 aromatic carbocycles. The number of hydrogen-bond acceptors (Lipinski definition) is 7. The first-order valence-electron chi connectivity index (χ1n) is 10.3. The lowest BCUT2D eigenvalue weighted by atomic mass is 10.0. The third-order valence-electron chi connectivity index (χ3n) is 5.57. The van der Waals surface area contributed by atoms with Gasteiger partial charge in [0.15, 0.2) is 9.84 Å². The van der Waals surface area contributed by atoms with E-state index in [-0.39, 0.29) is 40.0 Å². The van der Waals surface area contributed by atoms with Crippen LogP contribution in [0.4, 0.5) is 11.4 Å². The lowest BCUT2D eigenvalue weighted by molar-refractivity contribution is -0.384. The minimum absolute atomic E-state index is 0.0800. The van der Waals surface area contributed by atoms with Gasteiger partial charge in [-0.25, -0.2) is 8.42 Å². The summed E-state index contributed by atoms with van der Waals surface area (Å²) in [7, 11) is -3.39. The molecule has 0 aliphatic carbocycles. The molecule has 0 saturated heterocycles. The fourth-order valence-electron chi connectivity index (χ4n) is 3.87. The average molecular weight is 467 g/mol. The topological polar surface area (TPSA) is 131 Å². The Balaban J connectivity index is 1.57. The Hall–Kier alpha value is -3.79. The number of rotatable bonds is 6. The zero-order valence-electron chi connectivity index (χ0n) is 17.8. The summed E-state index contributed by atoms with van der Waals surface area (Å²) in [4.78, 5) is 28.5. The van der Waals surface area contributed by atoms with Gasteiger partial charge in [-0.1, -0.05) is 24.3 Å². The molecule has 0 radical (unpaired) electrons. The number of nitro benzene ring substituents is 1. The SMILES string of the molecule is CC(Nc1ccc(C(=O)NC2CCS(=O)(=O)c3ccccc32)cc1[N+](=O)[O-])c1ccccn1. The zero-order valence-corrected chi connectivity index (χ0v) is 18.6. The predicted molar refractivity (Wildman–Crippen MR) is 123 cm³/mol. The number of carbonyl (C=O) groups excluding carboxylic acids is 1. The van der Waals surface area contributed by atoms with Crippen LogP contribution in [-0.2, 0) is 9.84 Å². The maximum atomic E-state index is 12.9. The highest BCUT2D eigenvalue weighted by Crippen LogP contribution is 2.33. The van der Waals surface area contributed by atoms with Crippen molar-refractivity contribution in [3.63, 3.8) is 0 Å². The fraction of sp³-hybridized carbons (Fsp3) is 0.217. The number of sulfone groups is 1. The molecule has 0 fully saturated rings. The van der Waals surface area contributed by atoms with E-state index in [9.17, 15) is 23.3 Å². The summed E-state index contributed by atoms with van der Waals surface area (Å²) >= 11 is 0. The third kappa shape index (κ3) is 4.70. The fourth-order valence-corrected chi connectivity index (χ4v) is 5.49. The third-order valence-corrected chi connectivity index (χ3v) is 7.39. The minimum Gasteiger partial charge on any atom is -0.371 e. The highest BCUT2D eigenvalue weighted by atomic mass is 32.2. The number of benzene rings is 2. The maximum Gasteiger partial charge on any atom is 0.293 e. The number of nitrogens with zero attached hydrogens (tertiary/aromatic N) is 2. The second-order valence-corrected chi connectivity index (χ2v) is 9.86. The van der Waals surface area contributed by atoms with Gasteiger partial charge in [0, 0.05) is 17.8 Å². The quantitative estimate of drug-likeness (QED) is 0.417. The van der Waals surface area contributed by atoms with Crippen LogP contribution < -0.4 is 10.6 Å². The Bertz CT molecular complexity index is 1310. The molecule has 1 aliphatic heterocycles. The molecule has 170 valence electrons. The Morgan fingerprint density at radius 3 is 2.64 bits per heavy atom. The van der Waals surface area contributed by atoms with E-state index in [0.717, 1.165) is 5.69 Å². The smallest absolute Gasteiger partial charge is 0.293 e. The van der Waals surface area contributed by atoms with E-state index in [1.165, 1.54) is 24.3 Å². The van der Waals surface area contributed by atoms with Crippen molar-refractivity contribution in [3.8, 4) is 0 Å². The molecule has 2 atom stereocenters. The first-order valence-corrected chi connectivity index (χ1v) is 12.0. The van der Waals surface area contributed by atoms with Gasteiger partial charge in [0.1, 0.15) is 5.69 Å². The van der Waals surface area contributed by atoms with E-state index in [1.54, 1.807) is 30.5 Å². The summed E-state index contributed by atoms with van der Waals surface area (Å²) < 4.78 is 24.6. The molecule has 1 amide bonds. The van der Waals surface area contributed by atoms with Gasteiger partial charge in [0.2, 0.25) is 0 Å². The Kier molecular flexibility index (Phi) is 6.10. The van der Waals surface area contributed by atoms with Crippen LogP contribution in [0.5, 0.6) is 0 Å². The standard InChI is InChI=1S/C23H22N4O5S/c1-15(18-7-4-5-12-24-18)25-20-10-9-16(14-21(20)27(29)30)23(28)26-19-11-13-33(31,32)22-8-3-2-6-17(19)22/h2-10,12,14-15,19,25H,11,13H2,1H3,(H,26,28). The number of aromatic nitrogens is 1. The Morgan fingerprint density at radius 2 is 1.91 bits per heavy atom. The van der Waals surface area contributed by atoms with Gasteiger partial charge in [0.25, 0.3) is 11.6 Å². The van der Waals surface area contributed by atoms with Crippen molar-refractivity contribution >= 4 is 27.1 Å². The maximum absolute atomic E-state index is 12.9. The number of anilines is 1. The molecule has 10 heteroatoms. The van der Waals surface area contributed by atoms with Crippen molar-refractivity contribution in [3.05, 3.63) is 93.8 Å². The molecule has 3 aromatic rings. The van der Waals surface area contributed by atoms with E-state index >= 15 is 0 Å². The van der Waals surface area contributed by atoms with Crippen LogP contribution >= 0.6 is 0 Å². The first-order chi connectivity index (χ1) is 15.8. The Labute approximate surface area is 190 Å². The molecule has 0 bridgehead atoms. The van der Waals surface area contributed by atoms with Gasteiger partial charge in [0.05, 0.1) is 33.3 Å². The summed E-state index contributed by atoms with van der Waals surface area (Å²) in [5.74, 6) is -0.592. The van der Waals surface area contributed by atoms with Crippen LogP contribution in [-0.4, -0.2) is 30.0 Å². The molecule has 4 rings (SSSR count). The van der Waals surface area contributed by atoms with Crippen molar-refractivity contribution in [1.82, 2.24) is 10.3 Å². The number of amides is 1. The number of pyridine rings is 1. The predicted octanol–water partition coefficient (Wildman–Crippen LogP) is 3.81. The molecular formula is C23H22N4O5S. The monoisotopic (exact) mass is 466 g/mol. The number of nitrogens with one attached hydrogen (secondary N) is 2. The summed E-state index contributed by atoms with van der Waals surface area (Å²) in [6, 6.07) is 15.4. The molecule has 2 N–H and O–H groups in total. The van der Waals surface area contributed by atoms with Gasteiger partial charge in [-0.2, -0.15) is 0 Å². The number of carbonyl (C=O) groups is 1. The van der Waals surface area contributed by atoms with Crippen LogP contribution in [0, 0.1) is 10.1 Å². The molecule has 9 nitrogen and oxygen atoms in total. The second-order valence-electron chi connectivity index (χ2n) is 7.78. The highest BCUT2D eigenvalue weighted by molar-refractivity contribution is 7.91. The molecule has 2 unspecified atom stereocenters. The van der Waals surface area contributed by atoms with E-state index in [4.69, 9.17) is 0 Å². The molecule has 0 spiro atoms. The van der Waals surface area contributed by atoms with Gasteiger partial charge < -0.3 is 10.6 Å². The van der Waals surface area contributed by atoms with Crippen LogP contribution in [0.25, 0.3) is 0 Å². The van der Waals surface area contributed by atoms with E-state index < -0.39 is 26.7 Å². The first kappa shape index (κ1) is 22.4. The lowest BCUT2D eigenvalue weighted by Crippen LogP contribution is -2.33. The molecule has 2 heterocycles. The van der Waals surface area contributed by atoms with Gasteiger partial charge in [-0.15, -0.1) is 0 Å². The summed E-state index contributed by atoms with van der Waals surface area (Å²) in [5, 5.41) is 17.6. The van der Waals surface area contributed by atoms with Crippen LogP contribution in [0.15, 0.2) is 71.8 Å². The van der Waals surface area contributed by atoms with Crippen molar-refractivity contribution in [2.24, 2.45) is 0 Å². The molecular weight excluding hydrogens is 444 g/mol. The molecule has 1 aromatic heterocycles. The van der Waals surface area contributed by atoms with Gasteiger partial charge >= 0.3 is 0 Å². The van der Waals surface area contributed by atoms with Crippen LogP contribution in [0.1, 0.15) is 47.0 Å². The van der Waals surface area contributed by atoms with Crippen molar-refractivity contribution in [2.45, 2.75) is 30.3 Å². The molecule has 33 heavy (non-hydrogen) atoms. The minimum atomic E-state index is -3.39. The number of nitro groups is 1. The second kappa shape index (κ2) is 8.99. The van der Waals surface area contributed by atoms with Crippen LogP contribution in [0.3, 0.4) is 0 Å². The summed E-state index contributed by atoms with van der Waals surface area (Å²) in [6.45, 7) is 1.83. The van der Waals surface area contributed by atoms with E-state index in [2.05, 4.69) is 15.6 Å². The van der Waals surface area contributed by atoms with E-state index in [0.29, 0.717) is 5.56 Å². The van der Waals surface area contributed by atoms with E-state index in [1.807, 2.05) is 19.1 Å². The van der Waals surface area contributed by atoms with Crippen molar-refractivity contribution in [1.29, 1.82) is 0 Å². The normalized spacial score (nSPS) is 17.4. The average Bonchev–Trinajstić information content (AvgIpc) is 2.81. The van der Waals surface area contributed by atoms with Crippen molar-refractivity contribution in [2.75, 3.05) is 11.1 Å². The van der Waals surface area contributed by atoms with Crippen LogP contribution in [0.2, 0.25) is 0 Å².